The van der Waals surface area contributed by atoms with Crippen LogP contribution in [0.1, 0.15) is 38.4 Å². The zero-order valence-electron chi connectivity index (χ0n) is 10.1. The van der Waals surface area contributed by atoms with Crippen molar-refractivity contribution in [1.82, 2.24) is 15.0 Å². The Morgan fingerprint density at radius 1 is 1.53 bits per heavy atom. The van der Waals surface area contributed by atoms with Crippen LogP contribution in [0.2, 0.25) is 0 Å². The van der Waals surface area contributed by atoms with Crippen LogP contribution in [0, 0.1) is 0 Å². The largest absolute Gasteiger partial charge is 0.481 e. The van der Waals surface area contributed by atoms with Crippen LogP contribution in [0.4, 0.5) is 0 Å². The molecule has 0 saturated carbocycles. The zero-order chi connectivity index (χ0) is 12.5. The van der Waals surface area contributed by atoms with E-state index in [4.69, 9.17) is 4.74 Å². The summed E-state index contributed by atoms with van der Waals surface area (Å²) in [5.41, 5.74) is -0.382. The lowest BCUT2D eigenvalue weighted by molar-refractivity contribution is -0.148. The molecule has 0 amide bonds. The summed E-state index contributed by atoms with van der Waals surface area (Å²) in [4.78, 5) is 11.5. The molecule has 94 valence electrons. The van der Waals surface area contributed by atoms with Crippen molar-refractivity contribution in [3.05, 3.63) is 11.9 Å². The molecule has 0 aliphatic carbocycles. The zero-order valence-corrected chi connectivity index (χ0v) is 10.1. The maximum Gasteiger partial charge on any atom is 0.316 e. The van der Waals surface area contributed by atoms with E-state index in [1.165, 1.54) is 0 Å². The molecule has 0 atom stereocenters. The molecule has 1 fully saturated rings. The van der Waals surface area contributed by atoms with E-state index in [1.54, 1.807) is 10.9 Å². The average molecular weight is 239 g/mol. The van der Waals surface area contributed by atoms with E-state index in [9.17, 15) is 9.90 Å². The number of ether oxygens (including phenoxy) is 1. The summed E-state index contributed by atoms with van der Waals surface area (Å²) in [6, 6.07) is 0.182. The molecular formula is C11H17N3O3. The van der Waals surface area contributed by atoms with Gasteiger partial charge in [-0.3, -0.25) is 4.79 Å². The van der Waals surface area contributed by atoms with Crippen LogP contribution in [0.3, 0.4) is 0 Å². The number of rotatable bonds is 3. The molecule has 1 aromatic rings. The fourth-order valence-electron chi connectivity index (χ4n) is 2.05. The monoisotopic (exact) mass is 239 g/mol. The van der Waals surface area contributed by atoms with Crippen LogP contribution in [0.15, 0.2) is 6.20 Å². The highest BCUT2D eigenvalue weighted by atomic mass is 16.5. The van der Waals surface area contributed by atoms with Gasteiger partial charge in [0.1, 0.15) is 11.1 Å². The van der Waals surface area contributed by atoms with Crippen molar-refractivity contribution in [2.45, 2.75) is 38.1 Å². The lowest BCUT2D eigenvalue weighted by Crippen LogP contribution is -2.41. The molecule has 6 nitrogen and oxygen atoms in total. The second-order valence-corrected chi connectivity index (χ2v) is 4.68. The number of carbonyl (C=O) groups is 1. The molecule has 1 aliphatic rings. The summed E-state index contributed by atoms with van der Waals surface area (Å²) in [7, 11) is 0. The number of aliphatic carboxylic acids is 1. The van der Waals surface area contributed by atoms with Crippen LogP contribution in [0.5, 0.6) is 0 Å². The highest BCUT2D eigenvalue weighted by Crippen LogP contribution is 2.33. The van der Waals surface area contributed by atoms with Crippen molar-refractivity contribution in [3.63, 3.8) is 0 Å². The first kappa shape index (κ1) is 12.0. The first-order valence-corrected chi connectivity index (χ1v) is 5.80. The van der Waals surface area contributed by atoms with Gasteiger partial charge < -0.3 is 9.84 Å². The maximum absolute atomic E-state index is 11.5. The summed E-state index contributed by atoms with van der Waals surface area (Å²) in [6.45, 7) is 4.88. The van der Waals surface area contributed by atoms with Crippen molar-refractivity contribution >= 4 is 5.97 Å². The first-order chi connectivity index (χ1) is 8.06. The van der Waals surface area contributed by atoms with Gasteiger partial charge in [0.25, 0.3) is 0 Å². The highest BCUT2D eigenvalue weighted by molar-refractivity contribution is 5.80. The third kappa shape index (κ3) is 2.04. The van der Waals surface area contributed by atoms with Crippen molar-refractivity contribution < 1.29 is 14.6 Å². The van der Waals surface area contributed by atoms with Crippen LogP contribution in [0.25, 0.3) is 0 Å². The third-order valence-corrected chi connectivity index (χ3v) is 3.29. The number of aromatic nitrogens is 3. The standard InChI is InChI=1S/C11H17N3O3/c1-8(2)14-7-9(12-13-14)11(10(15)16)3-5-17-6-4-11/h7-8H,3-6H2,1-2H3,(H,15,16). The predicted molar refractivity (Wildman–Crippen MR) is 59.8 cm³/mol. The number of carboxylic acid groups (broad SMARTS) is 1. The van der Waals surface area contributed by atoms with Crippen molar-refractivity contribution in [1.29, 1.82) is 0 Å². The van der Waals surface area contributed by atoms with Crippen molar-refractivity contribution in [2.24, 2.45) is 0 Å². The van der Waals surface area contributed by atoms with Gasteiger partial charge in [-0.2, -0.15) is 0 Å². The van der Waals surface area contributed by atoms with E-state index in [1.807, 2.05) is 13.8 Å². The predicted octanol–water partition coefficient (Wildman–Crippen LogP) is 0.992. The Morgan fingerprint density at radius 3 is 2.65 bits per heavy atom. The van der Waals surface area contributed by atoms with E-state index in [2.05, 4.69) is 10.3 Å². The molecule has 6 heteroatoms. The molecular weight excluding hydrogens is 222 g/mol. The Kier molecular flexibility index (Phi) is 3.15. The molecule has 2 heterocycles. The van der Waals surface area contributed by atoms with E-state index in [0.29, 0.717) is 31.7 Å². The maximum atomic E-state index is 11.5. The second-order valence-electron chi connectivity index (χ2n) is 4.68. The molecule has 0 spiro atoms. The summed E-state index contributed by atoms with van der Waals surface area (Å²) in [5.74, 6) is -0.836. The molecule has 0 aromatic carbocycles. The van der Waals surface area contributed by atoms with Gasteiger partial charge in [-0.15, -0.1) is 5.10 Å². The lowest BCUT2D eigenvalue weighted by Gasteiger charge is -2.30. The normalized spacial score (nSPS) is 19.5. The smallest absolute Gasteiger partial charge is 0.316 e. The summed E-state index contributed by atoms with van der Waals surface area (Å²) in [6.07, 6.45) is 2.66. The number of carboxylic acids is 1. The Hall–Kier alpha value is -1.43. The van der Waals surface area contributed by atoms with Gasteiger partial charge in [-0.25, -0.2) is 4.68 Å². The molecule has 0 radical (unpaired) electrons. The highest BCUT2D eigenvalue weighted by Gasteiger charge is 2.44. The Balaban J connectivity index is 2.35. The minimum Gasteiger partial charge on any atom is -0.481 e. The first-order valence-electron chi connectivity index (χ1n) is 5.80. The molecule has 2 rings (SSSR count). The van der Waals surface area contributed by atoms with Gasteiger partial charge in [0.15, 0.2) is 0 Å². The summed E-state index contributed by atoms with van der Waals surface area (Å²) in [5, 5.41) is 17.5. The van der Waals surface area contributed by atoms with Crippen LogP contribution in [-0.4, -0.2) is 39.3 Å². The van der Waals surface area contributed by atoms with E-state index in [-0.39, 0.29) is 6.04 Å². The van der Waals surface area contributed by atoms with Crippen LogP contribution in [-0.2, 0) is 14.9 Å². The fraction of sp³-hybridized carbons (Fsp3) is 0.727. The number of hydrogen-bond acceptors (Lipinski definition) is 4. The van der Waals surface area contributed by atoms with E-state index >= 15 is 0 Å². The van der Waals surface area contributed by atoms with Gasteiger partial charge >= 0.3 is 5.97 Å². The summed E-state index contributed by atoms with van der Waals surface area (Å²) >= 11 is 0. The minimum absolute atomic E-state index is 0.182. The van der Waals surface area contributed by atoms with Crippen molar-refractivity contribution in [3.8, 4) is 0 Å². The van der Waals surface area contributed by atoms with E-state index in [0.717, 1.165) is 0 Å². The summed E-state index contributed by atoms with van der Waals surface area (Å²) < 4.78 is 6.92. The Labute approximate surface area is 99.6 Å². The van der Waals surface area contributed by atoms with Gasteiger partial charge in [-0.05, 0) is 26.7 Å². The van der Waals surface area contributed by atoms with Crippen molar-refractivity contribution in [2.75, 3.05) is 13.2 Å². The van der Waals surface area contributed by atoms with Gasteiger partial charge in [0, 0.05) is 25.5 Å². The van der Waals surface area contributed by atoms with E-state index < -0.39 is 11.4 Å². The average Bonchev–Trinajstić information content (AvgIpc) is 2.79. The molecule has 1 saturated heterocycles. The number of hydrogen-bond donors (Lipinski definition) is 1. The third-order valence-electron chi connectivity index (χ3n) is 3.29. The molecule has 1 aliphatic heterocycles. The van der Waals surface area contributed by atoms with Gasteiger partial charge in [0.05, 0.1) is 0 Å². The van der Waals surface area contributed by atoms with Gasteiger partial charge in [0.2, 0.25) is 0 Å². The molecule has 0 bridgehead atoms. The Bertz CT molecular complexity index is 408. The Morgan fingerprint density at radius 2 is 2.18 bits per heavy atom. The topological polar surface area (TPSA) is 77.2 Å². The quantitative estimate of drug-likeness (QED) is 0.851. The minimum atomic E-state index is -0.925. The molecule has 0 unspecified atom stereocenters. The molecule has 1 N–H and O–H groups in total. The molecule has 1 aromatic heterocycles. The fourth-order valence-corrected chi connectivity index (χ4v) is 2.05. The SMILES string of the molecule is CC(C)n1cc(C2(C(=O)O)CCOCC2)nn1. The molecule has 17 heavy (non-hydrogen) atoms. The van der Waals surface area contributed by atoms with Crippen LogP contribution < -0.4 is 0 Å². The lowest BCUT2D eigenvalue weighted by atomic mass is 9.77. The second kappa shape index (κ2) is 4.44. The van der Waals surface area contributed by atoms with Crippen LogP contribution >= 0.6 is 0 Å². The number of nitrogens with zero attached hydrogens (tertiary/aromatic N) is 3. The van der Waals surface area contributed by atoms with Gasteiger partial charge in [-0.1, -0.05) is 5.21 Å².